The van der Waals surface area contributed by atoms with E-state index in [-0.39, 0.29) is 27.0 Å². The molecule has 0 saturated carbocycles. The Morgan fingerprint density at radius 1 is 1.11 bits per heavy atom. The molecule has 3 aromatic rings. The number of hydrogen-bond donors (Lipinski definition) is 2. The number of anilines is 1. The first-order chi connectivity index (χ1) is 16.5. The number of aryl methyl sites for hydroxylation is 2. The monoisotopic (exact) mass is 511 g/mol. The van der Waals surface area contributed by atoms with Gasteiger partial charge in [-0.25, -0.2) is 9.18 Å². The van der Waals surface area contributed by atoms with Crippen molar-refractivity contribution in [2.45, 2.75) is 20.8 Å². The number of thiocarbonyl (C=S) groups is 1. The second kappa shape index (κ2) is 9.09. The van der Waals surface area contributed by atoms with Crippen molar-refractivity contribution in [3.05, 3.63) is 87.0 Å². The summed E-state index contributed by atoms with van der Waals surface area (Å²) in [6, 6.07) is 10.3. The number of carboxylic acids is 1. The van der Waals surface area contributed by atoms with Gasteiger partial charge in [-0.15, -0.1) is 0 Å². The first-order valence-corrected chi connectivity index (χ1v) is 11.2. The van der Waals surface area contributed by atoms with Gasteiger partial charge in [-0.3, -0.25) is 19.8 Å². The highest BCUT2D eigenvalue weighted by Gasteiger charge is 2.35. The standard InChI is InChI=1S/C25H19ClFN3O4S/c1-12-4-5-15(24(33)34)10-21(12)29-13(2)8-16(14(29)3)9-18-22(31)28-25(35)30(23(18)32)17-6-7-20(27)19(26)11-17/h4-11H,1-3H3,(H,33,34)(H,28,31,35)/b18-9+. The molecular formula is C25H19ClFN3O4S. The number of carbonyl (C=O) groups excluding carboxylic acids is 2. The van der Waals surface area contributed by atoms with Crippen LogP contribution in [0, 0.1) is 26.6 Å². The number of benzene rings is 2. The Labute approximate surface area is 210 Å². The van der Waals surface area contributed by atoms with Crippen molar-refractivity contribution >= 4 is 58.5 Å². The number of nitrogens with one attached hydrogen (secondary N) is 1. The zero-order valence-corrected chi connectivity index (χ0v) is 20.4. The Bertz CT molecular complexity index is 1480. The van der Waals surface area contributed by atoms with E-state index in [1.54, 1.807) is 25.1 Å². The molecule has 178 valence electrons. The maximum atomic E-state index is 13.6. The number of amides is 2. The number of nitrogens with zero attached hydrogens (tertiary/aromatic N) is 2. The van der Waals surface area contributed by atoms with Crippen LogP contribution in [-0.4, -0.2) is 32.6 Å². The summed E-state index contributed by atoms with van der Waals surface area (Å²) >= 11 is 11.0. The minimum atomic E-state index is -1.04. The van der Waals surface area contributed by atoms with Crippen molar-refractivity contribution in [3.8, 4) is 5.69 Å². The van der Waals surface area contributed by atoms with Gasteiger partial charge in [0, 0.05) is 17.1 Å². The van der Waals surface area contributed by atoms with Crippen LogP contribution in [-0.2, 0) is 9.59 Å². The van der Waals surface area contributed by atoms with E-state index in [2.05, 4.69) is 5.32 Å². The molecule has 2 N–H and O–H groups in total. The number of carboxylic acid groups (broad SMARTS) is 1. The van der Waals surface area contributed by atoms with Crippen LogP contribution in [0.2, 0.25) is 5.02 Å². The van der Waals surface area contributed by atoms with Crippen LogP contribution in [0.25, 0.3) is 11.8 Å². The molecule has 1 aliphatic rings. The molecule has 0 atom stereocenters. The fourth-order valence-electron chi connectivity index (χ4n) is 3.96. The molecule has 2 amide bonds. The Kier molecular flexibility index (Phi) is 6.31. The number of hydrogen-bond acceptors (Lipinski definition) is 4. The lowest BCUT2D eigenvalue weighted by atomic mass is 10.1. The number of aromatic nitrogens is 1. The second-order valence-corrected chi connectivity index (χ2v) is 8.82. The van der Waals surface area contributed by atoms with Gasteiger partial charge in [0.25, 0.3) is 11.8 Å². The molecule has 35 heavy (non-hydrogen) atoms. The third-order valence-corrected chi connectivity index (χ3v) is 6.30. The summed E-state index contributed by atoms with van der Waals surface area (Å²) in [5.41, 5.74) is 3.78. The molecule has 0 radical (unpaired) electrons. The highest BCUT2D eigenvalue weighted by Crippen LogP contribution is 2.29. The van der Waals surface area contributed by atoms with Gasteiger partial charge < -0.3 is 9.67 Å². The SMILES string of the molecule is Cc1ccc(C(=O)O)cc1-n1c(C)cc(/C=C2\C(=O)NC(=S)N(c3ccc(F)c(Cl)c3)C2=O)c1C. The Balaban J connectivity index is 1.79. The maximum absolute atomic E-state index is 13.6. The molecular weight excluding hydrogens is 493 g/mol. The first-order valence-electron chi connectivity index (χ1n) is 10.4. The zero-order chi connectivity index (χ0) is 25.6. The highest BCUT2D eigenvalue weighted by atomic mass is 35.5. The molecule has 1 aliphatic heterocycles. The third kappa shape index (κ3) is 4.36. The van der Waals surface area contributed by atoms with Gasteiger partial charge >= 0.3 is 5.97 Å². The molecule has 2 heterocycles. The second-order valence-electron chi connectivity index (χ2n) is 8.02. The number of halogens is 2. The first kappa shape index (κ1) is 24.3. The molecule has 0 aliphatic carbocycles. The minimum Gasteiger partial charge on any atom is -0.478 e. The topological polar surface area (TPSA) is 91.6 Å². The summed E-state index contributed by atoms with van der Waals surface area (Å²) in [4.78, 5) is 38.5. The summed E-state index contributed by atoms with van der Waals surface area (Å²) in [5.74, 6) is -3.05. The minimum absolute atomic E-state index is 0.141. The highest BCUT2D eigenvalue weighted by molar-refractivity contribution is 7.80. The van der Waals surface area contributed by atoms with Crippen LogP contribution in [0.4, 0.5) is 10.1 Å². The Morgan fingerprint density at radius 2 is 1.83 bits per heavy atom. The lowest BCUT2D eigenvalue weighted by Crippen LogP contribution is -2.54. The number of rotatable bonds is 4. The summed E-state index contributed by atoms with van der Waals surface area (Å²) < 4.78 is 15.5. The summed E-state index contributed by atoms with van der Waals surface area (Å²) in [6.45, 7) is 5.51. The molecule has 1 aromatic heterocycles. The summed E-state index contributed by atoms with van der Waals surface area (Å²) in [6.07, 6.45) is 1.45. The van der Waals surface area contributed by atoms with Crippen molar-refractivity contribution in [2.24, 2.45) is 0 Å². The van der Waals surface area contributed by atoms with E-state index in [0.29, 0.717) is 16.9 Å². The van der Waals surface area contributed by atoms with Crippen LogP contribution < -0.4 is 10.2 Å². The summed E-state index contributed by atoms with van der Waals surface area (Å²) in [7, 11) is 0. The molecule has 10 heteroatoms. The molecule has 2 aromatic carbocycles. The van der Waals surface area contributed by atoms with Crippen LogP contribution in [0.3, 0.4) is 0 Å². The van der Waals surface area contributed by atoms with E-state index >= 15 is 0 Å². The fourth-order valence-corrected chi connectivity index (χ4v) is 4.42. The van der Waals surface area contributed by atoms with E-state index in [0.717, 1.165) is 22.2 Å². The average molecular weight is 512 g/mol. The normalized spacial score (nSPS) is 15.1. The Morgan fingerprint density at radius 3 is 2.49 bits per heavy atom. The van der Waals surface area contributed by atoms with Gasteiger partial charge in [0.2, 0.25) is 0 Å². The van der Waals surface area contributed by atoms with E-state index in [1.807, 2.05) is 18.4 Å². The fraction of sp³-hybridized carbons (Fsp3) is 0.120. The predicted octanol–water partition coefficient (Wildman–Crippen LogP) is 4.72. The number of aromatic carboxylic acids is 1. The van der Waals surface area contributed by atoms with Crippen LogP contribution in [0.5, 0.6) is 0 Å². The van der Waals surface area contributed by atoms with Crippen LogP contribution in [0.15, 0.2) is 48.0 Å². The van der Waals surface area contributed by atoms with E-state index < -0.39 is 23.6 Å². The molecule has 1 fully saturated rings. The van der Waals surface area contributed by atoms with Crippen molar-refractivity contribution in [1.82, 2.24) is 9.88 Å². The lowest BCUT2D eigenvalue weighted by Gasteiger charge is -2.29. The predicted molar refractivity (Wildman–Crippen MR) is 135 cm³/mol. The van der Waals surface area contributed by atoms with Gasteiger partial charge in [0.15, 0.2) is 5.11 Å². The van der Waals surface area contributed by atoms with Gasteiger partial charge in [-0.2, -0.15) is 0 Å². The van der Waals surface area contributed by atoms with E-state index in [4.69, 9.17) is 23.8 Å². The van der Waals surface area contributed by atoms with Crippen molar-refractivity contribution in [3.63, 3.8) is 0 Å². The molecule has 4 rings (SSSR count). The molecule has 7 nitrogen and oxygen atoms in total. The lowest BCUT2D eigenvalue weighted by molar-refractivity contribution is -0.122. The Hall–Kier alpha value is -3.82. The smallest absolute Gasteiger partial charge is 0.335 e. The average Bonchev–Trinajstić information content (AvgIpc) is 3.06. The maximum Gasteiger partial charge on any atom is 0.335 e. The van der Waals surface area contributed by atoms with E-state index in [9.17, 15) is 23.9 Å². The van der Waals surface area contributed by atoms with Gasteiger partial charge in [-0.1, -0.05) is 17.7 Å². The van der Waals surface area contributed by atoms with Gasteiger partial charge in [0.05, 0.1) is 16.3 Å². The van der Waals surface area contributed by atoms with Crippen molar-refractivity contribution in [2.75, 3.05) is 4.90 Å². The van der Waals surface area contributed by atoms with Crippen LogP contribution >= 0.6 is 23.8 Å². The summed E-state index contributed by atoms with van der Waals surface area (Å²) in [5, 5.41) is 11.5. The zero-order valence-electron chi connectivity index (χ0n) is 18.8. The molecule has 0 bridgehead atoms. The largest absolute Gasteiger partial charge is 0.478 e. The van der Waals surface area contributed by atoms with Gasteiger partial charge in [-0.05, 0) is 86.6 Å². The van der Waals surface area contributed by atoms with Gasteiger partial charge in [0.1, 0.15) is 11.4 Å². The van der Waals surface area contributed by atoms with E-state index in [1.165, 1.54) is 24.3 Å². The van der Waals surface area contributed by atoms with Crippen LogP contribution in [0.1, 0.15) is 32.9 Å². The molecule has 1 saturated heterocycles. The van der Waals surface area contributed by atoms with Crippen molar-refractivity contribution < 1.29 is 23.9 Å². The van der Waals surface area contributed by atoms with Crippen molar-refractivity contribution in [1.29, 1.82) is 0 Å². The third-order valence-electron chi connectivity index (χ3n) is 5.73. The number of carbonyl (C=O) groups is 3. The molecule has 0 unspecified atom stereocenters. The quantitative estimate of drug-likeness (QED) is 0.300. The molecule has 0 spiro atoms.